The van der Waals surface area contributed by atoms with Gasteiger partial charge in [-0.25, -0.2) is 0 Å². The highest BCUT2D eigenvalue weighted by molar-refractivity contribution is 5.87. The minimum atomic E-state index is -0.587. The number of amides is 3. The minimum Gasteiger partial charge on any atom is -0.496 e. The van der Waals surface area contributed by atoms with Gasteiger partial charge in [-0.2, -0.15) is 0 Å². The lowest BCUT2D eigenvalue weighted by atomic mass is 9.96. The van der Waals surface area contributed by atoms with Gasteiger partial charge in [0.05, 0.1) is 19.6 Å². The number of methoxy groups -OCH3 is 1. The molecule has 0 aliphatic carbocycles. The molecule has 1 saturated heterocycles. The first-order valence-corrected chi connectivity index (χ1v) is 7.47. The zero-order valence-electron chi connectivity index (χ0n) is 13.1. The van der Waals surface area contributed by atoms with Gasteiger partial charge in [-0.3, -0.25) is 14.4 Å². The first-order chi connectivity index (χ1) is 11.0. The van der Waals surface area contributed by atoms with Gasteiger partial charge in [0.25, 0.3) is 0 Å². The molecule has 1 aromatic carbocycles. The van der Waals surface area contributed by atoms with Gasteiger partial charge >= 0.3 is 0 Å². The summed E-state index contributed by atoms with van der Waals surface area (Å²) in [6.07, 6.45) is 0.787. The SMILES string of the molecule is COc1ccccc1CN1CC(C(=O)NCC(N)=O)CCC1=O. The lowest BCUT2D eigenvalue weighted by Gasteiger charge is -2.32. The van der Waals surface area contributed by atoms with Crippen LogP contribution in [-0.2, 0) is 20.9 Å². The number of primary amides is 1. The van der Waals surface area contributed by atoms with Crippen LogP contribution >= 0.6 is 0 Å². The summed E-state index contributed by atoms with van der Waals surface area (Å²) in [5.41, 5.74) is 5.91. The Bertz CT molecular complexity index is 603. The molecule has 1 aliphatic heterocycles. The molecule has 3 N–H and O–H groups in total. The second-order valence-corrected chi connectivity index (χ2v) is 5.51. The van der Waals surface area contributed by atoms with Crippen LogP contribution in [0.4, 0.5) is 0 Å². The van der Waals surface area contributed by atoms with E-state index in [9.17, 15) is 14.4 Å². The maximum absolute atomic E-state index is 12.1. The van der Waals surface area contributed by atoms with E-state index in [1.807, 2.05) is 24.3 Å². The van der Waals surface area contributed by atoms with E-state index in [2.05, 4.69) is 5.32 Å². The van der Waals surface area contributed by atoms with E-state index in [1.54, 1.807) is 12.0 Å². The van der Waals surface area contributed by atoms with Crippen molar-refractivity contribution in [2.24, 2.45) is 11.7 Å². The van der Waals surface area contributed by atoms with E-state index in [0.717, 1.165) is 5.56 Å². The first kappa shape index (κ1) is 16.8. The number of nitrogens with zero attached hydrogens (tertiary/aromatic N) is 1. The van der Waals surface area contributed by atoms with Crippen LogP contribution in [0, 0.1) is 5.92 Å². The van der Waals surface area contributed by atoms with Gasteiger partial charge in [-0.05, 0) is 12.5 Å². The number of piperidine rings is 1. The summed E-state index contributed by atoms with van der Waals surface area (Å²) in [5.74, 6) is -0.449. The molecule has 23 heavy (non-hydrogen) atoms. The molecular formula is C16H21N3O4. The number of benzene rings is 1. The number of carbonyl (C=O) groups is 3. The van der Waals surface area contributed by atoms with Crippen molar-refractivity contribution in [3.8, 4) is 5.75 Å². The summed E-state index contributed by atoms with van der Waals surface area (Å²) in [6.45, 7) is 0.527. The summed E-state index contributed by atoms with van der Waals surface area (Å²) < 4.78 is 5.29. The second-order valence-electron chi connectivity index (χ2n) is 5.51. The fourth-order valence-corrected chi connectivity index (χ4v) is 2.64. The molecule has 2 rings (SSSR count). The number of nitrogens with two attached hydrogens (primary N) is 1. The molecule has 0 spiro atoms. The number of para-hydroxylation sites is 1. The molecule has 0 bridgehead atoms. The summed E-state index contributed by atoms with van der Waals surface area (Å²) in [6, 6.07) is 7.47. The van der Waals surface area contributed by atoms with E-state index in [-0.39, 0.29) is 24.3 Å². The Morgan fingerprint density at radius 3 is 2.83 bits per heavy atom. The number of hydrogen-bond acceptors (Lipinski definition) is 4. The molecule has 7 heteroatoms. The van der Waals surface area contributed by atoms with Gasteiger partial charge in [-0.1, -0.05) is 18.2 Å². The topological polar surface area (TPSA) is 102 Å². The molecule has 3 amide bonds. The van der Waals surface area contributed by atoms with E-state index in [4.69, 9.17) is 10.5 Å². The highest BCUT2D eigenvalue weighted by atomic mass is 16.5. The number of likely N-dealkylation sites (tertiary alicyclic amines) is 1. The van der Waals surface area contributed by atoms with Crippen molar-refractivity contribution in [1.82, 2.24) is 10.2 Å². The maximum atomic E-state index is 12.1. The monoisotopic (exact) mass is 319 g/mol. The van der Waals surface area contributed by atoms with Gasteiger partial charge in [0.15, 0.2) is 0 Å². The molecule has 1 unspecified atom stereocenters. The quantitative estimate of drug-likeness (QED) is 0.772. The molecule has 1 aliphatic rings. The normalized spacial score (nSPS) is 17.7. The zero-order chi connectivity index (χ0) is 16.8. The molecule has 124 valence electrons. The predicted octanol–water partition coefficient (Wildman–Crippen LogP) is 0.0353. The Balaban J connectivity index is 2.02. The molecule has 7 nitrogen and oxygen atoms in total. The van der Waals surface area contributed by atoms with Crippen LogP contribution in [0.25, 0.3) is 0 Å². The Morgan fingerprint density at radius 1 is 1.39 bits per heavy atom. The first-order valence-electron chi connectivity index (χ1n) is 7.47. The lowest BCUT2D eigenvalue weighted by molar-refractivity contribution is -0.139. The van der Waals surface area contributed by atoms with Crippen molar-refractivity contribution in [2.45, 2.75) is 19.4 Å². The second kappa shape index (κ2) is 7.62. The van der Waals surface area contributed by atoms with Crippen molar-refractivity contribution in [1.29, 1.82) is 0 Å². The van der Waals surface area contributed by atoms with Crippen molar-refractivity contribution in [3.63, 3.8) is 0 Å². The zero-order valence-corrected chi connectivity index (χ0v) is 13.1. The molecule has 0 radical (unpaired) electrons. The molecule has 1 atom stereocenters. The Kier molecular flexibility index (Phi) is 5.56. The predicted molar refractivity (Wildman–Crippen MR) is 83.3 cm³/mol. The van der Waals surface area contributed by atoms with Gasteiger partial charge in [-0.15, -0.1) is 0 Å². The Morgan fingerprint density at radius 2 is 2.13 bits per heavy atom. The highest BCUT2D eigenvalue weighted by Crippen LogP contribution is 2.24. The van der Waals surface area contributed by atoms with Gasteiger partial charge in [0.2, 0.25) is 17.7 Å². The van der Waals surface area contributed by atoms with Crippen LogP contribution in [0.1, 0.15) is 18.4 Å². The van der Waals surface area contributed by atoms with Gasteiger partial charge in [0.1, 0.15) is 5.75 Å². The van der Waals surface area contributed by atoms with Crippen LogP contribution < -0.4 is 15.8 Å². The van der Waals surface area contributed by atoms with Crippen molar-refractivity contribution in [3.05, 3.63) is 29.8 Å². The van der Waals surface area contributed by atoms with Gasteiger partial charge in [0, 0.05) is 25.1 Å². The number of rotatable bonds is 6. The van der Waals surface area contributed by atoms with E-state index in [1.165, 1.54) is 0 Å². The smallest absolute Gasteiger partial charge is 0.236 e. The maximum Gasteiger partial charge on any atom is 0.236 e. The fourth-order valence-electron chi connectivity index (χ4n) is 2.64. The van der Waals surface area contributed by atoms with Crippen molar-refractivity contribution in [2.75, 3.05) is 20.2 Å². The van der Waals surface area contributed by atoms with E-state index in [0.29, 0.717) is 31.7 Å². The fraction of sp³-hybridized carbons (Fsp3) is 0.438. The molecule has 0 aromatic heterocycles. The molecule has 0 saturated carbocycles. The summed E-state index contributed by atoms with van der Waals surface area (Å²) in [5, 5.41) is 2.50. The van der Waals surface area contributed by atoms with Crippen molar-refractivity contribution >= 4 is 17.7 Å². The van der Waals surface area contributed by atoms with Gasteiger partial charge < -0.3 is 20.7 Å². The minimum absolute atomic E-state index is 0.00913. The number of hydrogen-bond donors (Lipinski definition) is 2. The summed E-state index contributed by atoms with van der Waals surface area (Å²) >= 11 is 0. The third kappa shape index (κ3) is 4.45. The third-order valence-electron chi connectivity index (χ3n) is 3.86. The average molecular weight is 319 g/mol. The number of ether oxygens (including phenoxy) is 1. The number of carbonyl (C=O) groups excluding carboxylic acids is 3. The Hall–Kier alpha value is -2.57. The van der Waals surface area contributed by atoms with E-state index >= 15 is 0 Å². The molecular weight excluding hydrogens is 298 g/mol. The number of nitrogens with one attached hydrogen (secondary N) is 1. The van der Waals surface area contributed by atoms with Crippen LogP contribution in [0.5, 0.6) is 5.75 Å². The average Bonchev–Trinajstić information content (AvgIpc) is 2.55. The van der Waals surface area contributed by atoms with Crippen LogP contribution in [-0.4, -0.2) is 42.8 Å². The molecule has 1 heterocycles. The van der Waals surface area contributed by atoms with Crippen LogP contribution in [0.3, 0.4) is 0 Å². The highest BCUT2D eigenvalue weighted by Gasteiger charge is 2.30. The standard InChI is InChI=1S/C16H21N3O4/c1-23-13-5-3-2-4-11(13)9-19-10-12(6-7-15(19)21)16(22)18-8-14(17)20/h2-5,12H,6-10H2,1H3,(H2,17,20)(H,18,22). The lowest BCUT2D eigenvalue weighted by Crippen LogP contribution is -2.46. The third-order valence-corrected chi connectivity index (χ3v) is 3.86. The molecule has 1 fully saturated rings. The van der Waals surface area contributed by atoms with E-state index < -0.39 is 5.91 Å². The van der Waals surface area contributed by atoms with Crippen LogP contribution in [0.2, 0.25) is 0 Å². The van der Waals surface area contributed by atoms with Crippen molar-refractivity contribution < 1.29 is 19.1 Å². The Labute approximate surface area is 134 Å². The summed E-state index contributed by atoms with van der Waals surface area (Å²) in [7, 11) is 1.58. The summed E-state index contributed by atoms with van der Waals surface area (Å²) in [4.78, 5) is 36.6. The molecule has 1 aromatic rings. The van der Waals surface area contributed by atoms with Crippen LogP contribution in [0.15, 0.2) is 24.3 Å². The largest absolute Gasteiger partial charge is 0.496 e.